The van der Waals surface area contributed by atoms with E-state index in [4.69, 9.17) is 11.6 Å². The molecular weight excluding hydrogens is 284 g/mol. The summed E-state index contributed by atoms with van der Waals surface area (Å²) in [7, 11) is 0. The molecule has 0 saturated heterocycles. The molecule has 4 heteroatoms. The lowest BCUT2D eigenvalue weighted by Gasteiger charge is -2.08. The minimum Gasteiger partial charge on any atom is -0.385 e. The smallest absolute Gasteiger partial charge is 0.222 e. The van der Waals surface area contributed by atoms with E-state index in [1.807, 2.05) is 55.5 Å². The molecular formula is C17H19ClN2O. The Morgan fingerprint density at radius 3 is 2.38 bits per heavy atom. The summed E-state index contributed by atoms with van der Waals surface area (Å²) in [5.41, 5.74) is 3.29. The van der Waals surface area contributed by atoms with Crippen molar-refractivity contribution in [3.63, 3.8) is 0 Å². The van der Waals surface area contributed by atoms with E-state index in [0.717, 1.165) is 11.3 Å². The Hall–Kier alpha value is -2.00. The van der Waals surface area contributed by atoms with Gasteiger partial charge in [0, 0.05) is 30.2 Å². The number of hydrogen-bond acceptors (Lipinski definition) is 2. The summed E-state index contributed by atoms with van der Waals surface area (Å²) in [5, 5.41) is 6.81. The van der Waals surface area contributed by atoms with Crippen molar-refractivity contribution >= 4 is 23.2 Å². The molecule has 0 heterocycles. The minimum absolute atomic E-state index is 0.0389. The van der Waals surface area contributed by atoms with Gasteiger partial charge < -0.3 is 10.6 Å². The fourth-order valence-corrected chi connectivity index (χ4v) is 2.01. The molecule has 3 nitrogen and oxygen atoms in total. The summed E-state index contributed by atoms with van der Waals surface area (Å²) in [4.78, 5) is 11.8. The van der Waals surface area contributed by atoms with Crippen LogP contribution < -0.4 is 10.6 Å². The van der Waals surface area contributed by atoms with E-state index in [2.05, 4.69) is 10.6 Å². The molecule has 0 aliphatic heterocycles. The molecule has 2 N–H and O–H groups in total. The van der Waals surface area contributed by atoms with Crippen LogP contribution in [0.5, 0.6) is 0 Å². The number of hydrogen-bond donors (Lipinski definition) is 2. The third kappa shape index (κ3) is 5.48. The number of carbonyl (C=O) groups excluding carboxylic acids is 1. The third-order valence-electron chi connectivity index (χ3n) is 3.14. The van der Waals surface area contributed by atoms with Crippen molar-refractivity contribution < 1.29 is 4.79 Å². The molecule has 2 aromatic rings. The second-order valence-electron chi connectivity index (χ2n) is 4.95. The summed E-state index contributed by atoms with van der Waals surface area (Å²) in [6.45, 7) is 3.21. The second kappa shape index (κ2) is 7.70. The Morgan fingerprint density at radius 2 is 1.71 bits per heavy atom. The molecule has 110 valence electrons. The molecule has 2 aromatic carbocycles. The predicted molar refractivity (Wildman–Crippen MR) is 87.6 cm³/mol. The van der Waals surface area contributed by atoms with E-state index in [1.165, 1.54) is 5.56 Å². The van der Waals surface area contributed by atoms with Crippen LogP contribution in [0.1, 0.15) is 17.5 Å². The highest BCUT2D eigenvalue weighted by Crippen LogP contribution is 2.13. The first kappa shape index (κ1) is 15.4. The lowest BCUT2D eigenvalue weighted by Crippen LogP contribution is -2.24. The number of benzene rings is 2. The monoisotopic (exact) mass is 302 g/mol. The number of halogens is 1. The molecule has 0 radical (unpaired) electrons. The zero-order valence-electron chi connectivity index (χ0n) is 12.0. The van der Waals surface area contributed by atoms with Crippen molar-refractivity contribution in [2.75, 3.05) is 11.9 Å². The normalized spacial score (nSPS) is 10.2. The van der Waals surface area contributed by atoms with E-state index in [-0.39, 0.29) is 5.91 Å². The first-order chi connectivity index (χ1) is 10.1. The third-order valence-corrected chi connectivity index (χ3v) is 3.39. The van der Waals surface area contributed by atoms with Gasteiger partial charge in [0.1, 0.15) is 0 Å². The van der Waals surface area contributed by atoms with E-state index in [0.29, 0.717) is 24.5 Å². The Labute approximate surface area is 130 Å². The van der Waals surface area contributed by atoms with Gasteiger partial charge >= 0.3 is 0 Å². The molecule has 1 amide bonds. The van der Waals surface area contributed by atoms with Crippen LogP contribution >= 0.6 is 11.6 Å². The molecule has 0 saturated carbocycles. The lowest BCUT2D eigenvalue weighted by molar-refractivity contribution is -0.121. The van der Waals surface area contributed by atoms with Crippen LogP contribution in [0.2, 0.25) is 5.02 Å². The molecule has 0 unspecified atom stereocenters. The maximum Gasteiger partial charge on any atom is 0.222 e. The Kier molecular flexibility index (Phi) is 5.64. The van der Waals surface area contributed by atoms with Crippen molar-refractivity contribution in [3.05, 3.63) is 64.7 Å². The number of nitrogens with one attached hydrogen (secondary N) is 2. The first-order valence-corrected chi connectivity index (χ1v) is 7.33. The second-order valence-corrected chi connectivity index (χ2v) is 5.38. The molecule has 2 rings (SSSR count). The predicted octanol–water partition coefficient (Wildman–Crippen LogP) is 3.77. The van der Waals surface area contributed by atoms with E-state index < -0.39 is 0 Å². The van der Waals surface area contributed by atoms with Crippen LogP contribution in [-0.4, -0.2) is 12.5 Å². The highest BCUT2D eigenvalue weighted by Gasteiger charge is 2.01. The van der Waals surface area contributed by atoms with Gasteiger partial charge in [0.05, 0.1) is 0 Å². The SMILES string of the molecule is Cc1ccc(CNC(=O)CCNc2ccc(Cl)cc2)cc1. The van der Waals surface area contributed by atoms with Crippen LogP contribution in [0.4, 0.5) is 5.69 Å². The van der Waals surface area contributed by atoms with Gasteiger partial charge in [0.15, 0.2) is 0 Å². The maximum absolute atomic E-state index is 11.8. The van der Waals surface area contributed by atoms with Crippen LogP contribution in [0.15, 0.2) is 48.5 Å². The minimum atomic E-state index is 0.0389. The molecule has 0 atom stereocenters. The van der Waals surface area contributed by atoms with Gasteiger partial charge in [-0.1, -0.05) is 41.4 Å². The highest BCUT2D eigenvalue weighted by atomic mass is 35.5. The lowest BCUT2D eigenvalue weighted by atomic mass is 10.1. The number of carbonyl (C=O) groups is 1. The molecule has 0 fully saturated rings. The summed E-state index contributed by atoms with van der Waals surface area (Å²) in [6.07, 6.45) is 0.439. The number of aryl methyl sites for hydroxylation is 1. The largest absolute Gasteiger partial charge is 0.385 e. The van der Waals surface area contributed by atoms with Crippen molar-refractivity contribution in [1.82, 2.24) is 5.32 Å². The molecule has 0 bridgehead atoms. The fourth-order valence-electron chi connectivity index (χ4n) is 1.88. The van der Waals surface area contributed by atoms with Crippen LogP contribution in [0.25, 0.3) is 0 Å². The van der Waals surface area contributed by atoms with Gasteiger partial charge in [-0.15, -0.1) is 0 Å². The Morgan fingerprint density at radius 1 is 1.05 bits per heavy atom. The molecule has 0 spiro atoms. The van der Waals surface area contributed by atoms with E-state index in [9.17, 15) is 4.79 Å². The summed E-state index contributed by atoms with van der Waals surface area (Å²) in [6, 6.07) is 15.6. The molecule has 0 aromatic heterocycles. The zero-order valence-corrected chi connectivity index (χ0v) is 12.8. The van der Waals surface area contributed by atoms with Gasteiger partial charge in [-0.25, -0.2) is 0 Å². The summed E-state index contributed by atoms with van der Waals surface area (Å²) >= 11 is 5.81. The quantitative estimate of drug-likeness (QED) is 0.853. The summed E-state index contributed by atoms with van der Waals surface area (Å²) in [5.74, 6) is 0.0389. The standard InChI is InChI=1S/C17H19ClN2O/c1-13-2-4-14(5-3-13)12-20-17(21)10-11-19-16-8-6-15(18)7-9-16/h2-9,19H,10-12H2,1H3,(H,20,21). The van der Waals surface area contributed by atoms with E-state index >= 15 is 0 Å². The zero-order chi connectivity index (χ0) is 15.1. The van der Waals surface area contributed by atoms with Gasteiger partial charge in [-0.2, -0.15) is 0 Å². The average molecular weight is 303 g/mol. The average Bonchev–Trinajstić information content (AvgIpc) is 2.49. The van der Waals surface area contributed by atoms with Crippen molar-refractivity contribution in [2.45, 2.75) is 19.9 Å². The Balaban J connectivity index is 1.67. The van der Waals surface area contributed by atoms with Gasteiger partial charge in [0.2, 0.25) is 5.91 Å². The van der Waals surface area contributed by atoms with Crippen LogP contribution in [0, 0.1) is 6.92 Å². The highest BCUT2D eigenvalue weighted by molar-refractivity contribution is 6.30. The molecule has 0 aliphatic carbocycles. The topological polar surface area (TPSA) is 41.1 Å². The number of amides is 1. The maximum atomic E-state index is 11.8. The van der Waals surface area contributed by atoms with Crippen molar-refractivity contribution in [3.8, 4) is 0 Å². The number of rotatable bonds is 6. The Bertz CT molecular complexity index is 579. The van der Waals surface area contributed by atoms with Gasteiger partial charge in [-0.05, 0) is 36.8 Å². The van der Waals surface area contributed by atoms with E-state index in [1.54, 1.807) is 0 Å². The fraction of sp³-hybridized carbons (Fsp3) is 0.235. The van der Waals surface area contributed by atoms with Gasteiger partial charge in [0.25, 0.3) is 0 Å². The van der Waals surface area contributed by atoms with Crippen LogP contribution in [0.3, 0.4) is 0 Å². The number of anilines is 1. The molecule has 21 heavy (non-hydrogen) atoms. The van der Waals surface area contributed by atoms with Gasteiger partial charge in [-0.3, -0.25) is 4.79 Å². The van der Waals surface area contributed by atoms with Crippen molar-refractivity contribution in [2.24, 2.45) is 0 Å². The molecule has 0 aliphatic rings. The van der Waals surface area contributed by atoms with Crippen LogP contribution in [-0.2, 0) is 11.3 Å². The first-order valence-electron chi connectivity index (χ1n) is 6.95. The summed E-state index contributed by atoms with van der Waals surface area (Å²) < 4.78 is 0. The van der Waals surface area contributed by atoms with Crippen molar-refractivity contribution in [1.29, 1.82) is 0 Å².